The molecule has 4 bridgehead atoms. The van der Waals surface area contributed by atoms with E-state index in [-0.39, 0.29) is 5.91 Å². The van der Waals surface area contributed by atoms with Crippen molar-refractivity contribution in [2.24, 2.45) is 5.41 Å². The summed E-state index contributed by atoms with van der Waals surface area (Å²) < 4.78 is 9.88. The third-order valence-corrected chi connectivity index (χ3v) is 8.00. The van der Waals surface area contributed by atoms with Crippen molar-refractivity contribution in [3.63, 3.8) is 0 Å². The number of likely N-dealkylation sites (tertiary alicyclic amines) is 1. The quantitative estimate of drug-likeness (QED) is 0.443. The van der Waals surface area contributed by atoms with Crippen LogP contribution < -0.4 is 10.1 Å². The molecule has 9 heteroatoms. The summed E-state index contributed by atoms with van der Waals surface area (Å²) in [6, 6.07) is 14.4. The number of nitrogens with one attached hydrogen (secondary N) is 1. The van der Waals surface area contributed by atoms with E-state index in [2.05, 4.69) is 55.4 Å². The molecule has 38 heavy (non-hydrogen) atoms. The Labute approximate surface area is 222 Å². The molecular formula is C29H35N7O2. The van der Waals surface area contributed by atoms with E-state index in [1.54, 1.807) is 0 Å². The molecule has 1 amide bonds. The molecule has 0 aliphatic carbocycles. The van der Waals surface area contributed by atoms with Gasteiger partial charge in [0.15, 0.2) is 0 Å². The van der Waals surface area contributed by atoms with E-state index in [4.69, 9.17) is 9.72 Å². The highest BCUT2D eigenvalue weighted by atomic mass is 16.5. The summed E-state index contributed by atoms with van der Waals surface area (Å²) in [4.78, 5) is 21.0. The molecule has 0 saturated carbocycles. The Kier molecular flexibility index (Phi) is 6.84. The minimum atomic E-state index is -0.496. The molecule has 3 aliphatic rings. The van der Waals surface area contributed by atoms with Gasteiger partial charge in [0, 0.05) is 44.9 Å². The maximum Gasteiger partial charge on any atom is 0.226 e. The topological polar surface area (TPSA) is 89.6 Å². The number of carbonyl (C=O) groups excluding carboxylic acids is 1. The molecule has 3 aromatic heterocycles. The minimum absolute atomic E-state index is 0.124. The van der Waals surface area contributed by atoms with Gasteiger partial charge in [0.1, 0.15) is 11.6 Å². The van der Waals surface area contributed by atoms with Gasteiger partial charge in [0.05, 0.1) is 28.9 Å². The Morgan fingerprint density at radius 1 is 1.08 bits per heavy atom. The maximum absolute atomic E-state index is 13.7. The SMILES string of the molecule is Cc1nc(CN2CCC3(CC2)Cc2cn(nn2)CCCOc2ccc(cc2)CCNC3=O)c2ccccn12. The first-order valence-corrected chi connectivity index (χ1v) is 13.6. The Morgan fingerprint density at radius 2 is 1.92 bits per heavy atom. The van der Waals surface area contributed by atoms with Crippen LogP contribution in [0.15, 0.2) is 54.9 Å². The second-order valence-corrected chi connectivity index (χ2v) is 10.6. The summed E-state index contributed by atoms with van der Waals surface area (Å²) in [5.41, 5.74) is 3.82. The van der Waals surface area contributed by atoms with E-state index in [0.29, 0.717) is 19.6 Å². The number of rotatable bonds is 2. The van der Waals surface area contributed by atoms with Crippen molar-refractivity contribution >= 4 is 11.4 Å². The number of fused-ring (bicyclic) bond motifs is 9. The number of pyridine rings is 1. The van der Waals surface area contributed by atoms with Crippen molar-refractivity contribution in [1.82, 2.24) is 34.6 Å². The molecule has 0 atom stereocenters. The van der Waals surface area contributed by atoms with Crippen LogP contribution >= 0.6 is 0 Å². The Morgan fingerprint density at radius 3 is 2.76 bits per heavy atom. The van der Waals surface area contributed by atoms with Gasteiger partial charge in [-0.15, -0.1) is 5.10 Å². The largest absolute Gasteiger partial charge is 0.494 e. The number of aryl methyl sites for hydroxylation is 2. The van der Waals surface area contributed by atoms with Crippen LogP contribution in [-0.2, 0) is 30.7 Å². The lowest BCUT2D eigenvalue weighted by atomic mass is 9.74. The molecule has 198 valence electrons. The fourth-order valence-corrected chi connectivity index (χ4v) is 5.77. The first kappa shape index (κ1) is 24.6. The Balaban J connectivity index is 1.19. The Hall–Kier alpha value is -3.72. The van der Waals surface area contributed by atoms with Gasteiger partial charge >= 0.3 is 0 Å². The number of imidazole rings is 1. The smallest absolute Gasteiger partial charge is 0.226 e. The van der Waals surface area contributed by atoms with E-state index in [0.717, 1.165) is 80.3 Å². The zero-order valence-electron chi connectivity index (χ0n) is 22.0. The van der Waals surface area contributed by atoms with Gasteiger partial charge < -0.3 is 14.5 Å². The van der Waals surface area contributed by atoms with E-state index < -0.39 is 5.41 Å². The van der Waals surface area contributed by atoms with E-state index in [1.807, 2.05) is 36.0 Å². The molecule has 1 aromatic carbocycles. The number of aromatic nitrogens is 5. The summed E-state index contributed by atoms with van der Waals surface area (Å²) in [7, 11) is 0. The highest BCUT2D eigenvalue weighted by Crippen LogP contribution is 2.36. The van der Waals surface area contributed by atoms with Crippen LogP contribution in [0.4, 0.5) is 0 Å². The van der Waals surface area contributed by atoms with E-state index in [1.165, 1.54) is 5.56 Å². The zero-order chi connectivity index (χ0) is 26.0. The predicted molar refractivity (Wildman–Crippen MR) is 144 cm³/mol. The first-order valence-electron chi connectivity index (χ1n) is 13.6. The number of carbonyl (C=O) groups is 1. The third-order valence-electron chi connectivity index (χ3n) is 8.00. The van der Waals surface area contributed by atoms with Crippen LogP contribution in [0.25, 0.3) is 5.52 Å². The predicted octanol–water partition coefficient (Wildman–Crippen LogP) is 3.20. The van der Waals surface area contributed by atoms with Gasteiger partial charge in [-0.05, 0) is 69.1 Å². The molecule has 6 heterocycles. The summed E-state index contributed by atoms with van der Waals surface area (Å²) in [5.74, 6) is 1.99. The van der Waals surface area contributed by atoms with Gasteiger partial charge in [-0.3, -0.25) is 14.4 Å². The zero-order valence-corrected chi connectivity index (χ0v) is 22.0. The highest BCUT2D eigenvalue weighted by molar-refractivity contribution is 5.83. The molecule has 1 N–H and O–H groups in total. The van der Waals surface area contributed by atoms with E-state index in [9.17, 15) is 4.79 Å². The number of nitrogens with zero attached hydrogens (tertiary/aromatic N) is 6. The maximum atomic E-state index is 13.7. The normalized spacial score (nSPS) is 18.8. The van der Waals surface area contributed by atoms with Crippen molar-refractivity contribution < 1.29 is 9.53 Å². The lowest BCUT2D eigenvalue weighted by Gasteiger charge is -2.40. The van der Waals surface area contributed by atoms with Crippen LogP contribution in [0.3, 0.4) is 0 Å². The van der Waals surface area contributed by atoms with Crippen LogP contribution in [0.2, 0.25) is 0 Å². The number of hydrogen-bond donors (Lipinski definition) is 1. The van der Waals surface area contributed by atoms with Crippen molar-refractivity contribution in [2.45, 2.75) is 52.1 Å². The summed E-state index contributed by atoms with van der Waals surface area (Å²) >= 11 is 0. The number of ether oxygens (including phenoxy) is 1. The Bertz CT molecular complexity index is 1400. The number of benzene rings is 1. The lowest BCUT2D eigenvalue weighted by molar-refractivity contribution is -0.134. The third kappa shape index (κ3) is 5.15. The number of hydrogen-bond acceptors (Lipinski definition) is 6. The molecule has 1 fully saturated rings. The highest BCUT2D eigenvalue weighted by Gasteiger charge is 2.42. The monoisotopic (exact) mass is 513 g/mol. The molecule has 4 aromatic rings. The standard InChI is InChI=1S/C29H35N7O2/c1-22-31-26(27-5-2-3-15-36(22)27)21-34-16-11-29(12-17-34)19-24-20-35(33-32-24)14-4-18-38-25-8-6-23(7-9-25)10-13-30-28(29)37/h2-3,5-9,15,20H,4,10-14,16-19,21H2,1H3,(H,30,37). The lowest BCUT2D eigenvalue weighted by Crippen LogP contribution is -2.50. The number of piperidine rings is 1. The summed E-state index contributed by atoms with van der Waals surface area (Å²) in [5, 5.41) is 12.0. The fourth-order valence-electron chi connectivity index (χ4n) is 5.77. The van der Waals surface area contributed by atoms with Crippen LogP contribution in [0.5, 0.6) is 5.75 Å². The molecule has 9 nitrogen and oxygen atoms in total. The van der Waals surface area contributed by atoms with Gasteiger partial charge in [-0.2, -0.15) is 0 Å². The fraction of sp³-hybridized carbons (Fsp3) is 0.448. The second kappa shape index (κ2) is 10.6. The molecule has 1 saturated heterocycles. The van der Waals surface area contributed by atoms with Gasteiger partial charge in [-0.1, -0.05) is 23.4 Å². The second-order valence-electron chi connectivity index (χ2n) is 10.6. The summed E-state index contributed by atoms with van der Waals surface area (Å²) in [6.07, 6.45) is 7.84. The molecule has 0 radical (unpaired) electrons. The molecule has 3 aliphatic heterocycles. The molecule has 1 spiro atoms. The number of amides is 1. The van der Waals surface area contributed by atoms with Crippen LogP contribution in [-0.4, -0.2) is 61.4 Å². The van der Waals surface area contributed by atoms with Crippen LogP contribution in [0, 0.1) is 12.3 Å². The van der Waals surface area contributed by atoms with Crippen molar-refractivity contribution in [1.29, 1.82) is 0 Å². The van der Waals surface area contributed by atoms with Gasteiger partial charge in [0.25, 0.3) is 0 Å². The van der Waals surface area contributed by atoms with Gasteiger partial charge in [0.2, 0.25) is 5.91 Å². The van der Waals surface area contributed by atoms with Crippen molar-refractivity contribution in [2.75, 3.05) is 26.2 Å². The van der Waals surface area contributed by atoms with Gasteiger partial charge in [-0.25, -0.2) is 4.98 Å². The average Bonchev–Trinajstić information content (AvgIpc) is 3.51. The van der Waals surface area contributed by atoms with Crippen molar-refractivity contribution in [3.05, 3.63) is 77.6 Å². The molecular weight excluding hydrogens is 478 g/mol. The summed E-state index contributed by atoms with van der Waals surface area (Å²) in [6.45, 7) is 6.47. The van der Waals surface area contributed by atoms with E-state index >= 15 is 0 Å². The van der Waals surface area contributed by atoms with Crippen molar-refractivity contribution in [3.8, 4) is 5.75 Å². The molecule has 0 unspecified atom stereocenters. The average molecular weight is 514 g/mol. The minimum Gasteiger partial charge on any atom is -0.494 e. The van der Waals surface area contributed by atoms with Crippen LogP contribution in [0.1, 0.15) is 42.0 Å². The molecule has 7 rings (SSSR count). The first-order chi connectivity index (χ1) is 18.6.